The summed E-state index contributed by atoms with van der Waals surface area (Å²) in [5.74, 6) is -109. The van der Waals surface area contributed by atoms with Crippen molar-refractivity contribution in [2.24, 2.45) is 0 Å². The van der Waals surface area contributed by atoms with Crippen LogP contribution in [0.4, 0.5) is 184 Å². The van der Waals surface area contributed by atoms with Gasteiger partial charge < -0.3 is 15.3 Å². The van der Waals surface area contributed by atoms with Gasteiger partial charge in [0.15, 0.2) is 0 Å². The van der Waals surface area contributed by atoms with Crippen LogP contribution in [0.1, 0.15) is 0 Å². The van der Waals surface area contributed by atoms with Crippen LogP contribution in [0.25, 0.3) is 0 Å². The third-order valence-electron chi connectivity index (χ3n) is 7.15. The number of carbonyl (C=O) groups excluding carboxylic acids is 3. The summed E-state index contributed by atoms with van der Waals surface area (Å²) >= 11 is 0. The van der Waals surface area contributed by atoms with E-state index >= 15 is 0 Å². The molecule has 0 aliphatic carbocycles. The minimum atomic E-state index is -7.24. The number of halogens is 42. The number of carbonyl (C=O) groups is 3. The maximum atomic E-state index is 12.7. The third kappa shape index (κ3) is 14.5. The first-order valence-electron chi connectivity index (χ1n) is 15.4. The van der Waals surface area contributed by atoms with E-state index in [-0.39, 0.29) is 49.4 Å². The van der Waals surface area contributed by atoms with E-state index in [9.17, 15) is 214 Å². The molecule has 0 aromatic heterocycles. The van der Waals surface area contributed by atoms with Crippen molar-refractivity contribution >= 4 is 17.3 Å². The van der Waals surface area contributed by atoms with Gasteiger partial charge in [0.1, 0.15) is 0 Å². The van der Waals surface area contributed by atoms with Crippen LogP contribution in [0.15, 0.2) is 35.5 Å². The van der Waals surface area contributed by atoms with Gasteiger partial charge in [-0.05, 0) is 18.2 Å². The molecule has 0 aliphatic rings. The van der Waals surface area contributed by atoms with E-state index in [1.165, 1.54) is 0 Å². The number of alkyl halides is 42. The molecule has 0 unspecified atom stereocenters. The van der Waals surface area contributed by atoms with Gasteiger partial charge in [0.2, 0.25) is 17.3 Å². The smallest absolute Gasteiger partial charge is 0.871 e. The Morgan fingerprint density at radius 3 is 0.395 bits per heavy atom. The van der Waals surface area contributed by atoms with E-state index in [4.69, 9.17) is 0 Å². The summed E-state index contributed by atoms with van der Waals surface area (Å²) in [5, 5.41) is 31.6. The minimum Gasteiger partial charge on any atom is -0.871 e. The van der Waals surface area contributed by atoms with Gasteiger partial charge in [-0.2, -0.15) is 184 Å². The summed E-state index contributed by atoms with van der Waals surface area (Å²) in [5.41, 5.74) is 0. The van der Waals surface area contributed by atoms with Crippen molar-refractivity contribution in [1.29, 1.82) is 0 Å². The van der Waals surface area contributed by atoms with Crippen LogP contribution < -0.4 is 15.3 Å². The van der Waals surface area contributed by atoms with Crippen molar-refractivity contribution in [1.82, 2.24) is 0 Å². The molecule has 76 heavy (non-hydrogen) atoms. The van der Waals surface area contributed by atoms with Crippen LogP contribution in [0.3, 0.4) is 0 Å². The molecule has 0 radical (unpaired) electrons. The Balaban J connectivity index is -0.000000508. The molecule has 0 N–H and O–H groups in total. The SMILES string of the molecule is O=C(C=C([O-])C(F)(F)C(F)(F)C(F)(F)F)C(F)(F)C(F)(F)C(F)(F)F.O=C(C=C([O-])C(F)(F)C(F)(F)C(F)(F)F)C(F)(F)C(F)(F)C(F)(F)F.O=C(C=C([O-])C(F)(F)C(F)(F)C(F)(F)F)C(F)(F)C(F)(F)C(F)(F)F.[Eu+3]. The standard InChI is InChI=1S/3C9H2F14O2.Eu/c3*10-4(11,6(14,15)8(18,19)20)2(24)1-3(25)5(12,13)7(16,17)9(21,22)23;/h3*1,24H;/q;;;+3/p-3. The summed E-state index contributed by atoms with van der Waals surface area (Å²) < 4.78 is 512. The molecule has 0 rings (SSSR count). The molecule has 0 aromatic carbocycles. The predicted octanol–water partition coefficient (Wildman–Crippen LogP) is 10.4. The van der Waals surface area contributed by atoms with E-state index < -0.39 is 161 Å². The topological polar surface area (TPSA) is 120 Å². The molecule has 6 nitrogen and oxygen atoms in total. The fourth-order valence-electron chi connectivity index (χ4n) is 2.90. The van der Waals surface area contributed by atoms with Crippen molar-refractivity contribution < 1.29 is 263 Å². The van der Waals surface area contributed by atoms with Gasteiger partial charge in [0.05, 0.1) is 0 Å². The molecule has 0 fully saturated rings. The van der Waals surface area contributed by atoms with Crippen LogP contribution in [0.2, 0.25) is 0 Å². The van der Waals surface area contributed by atoms with Crippen molar-refractivity contribution in [2.75, 3.05) is 0 Å². The fourth-order valence-corrected chi connectivity index (χ4v) is 2.90. The Hall–Kier alpha value is -3.73. The van der Waals surface area contributed by atoms with Gasteiger partial charge >= 0.3 is 158 Å². The Morgan fingerprint density at radius 2 is 0.303 bits per heavy atom. The summed E-state index contributed by atoms with van der Waals surface area (Å²) in [4.78, 5) is 31.6. The van der Waals surface area contributed by atoms with Crippen molar-refractivity contribution in [3.63, 3.8) is 0 Å². The second-order valence-electron chi connectivity index (χ2n) is 12.5. The van der Waals surface area contributed by atoms with E-state index in [2.05, 4.69) is 0 Å². The van der Waals surface area contributed by atoms with Gasteiger partial charge in [0, 0.05) is 0 Å². The number of allylic oxidation sites excluding steroid dienone is 6. The first-order valence-corrected chi connectivity index (χ1v) is 15.4. The van der Waals surface area contributed by atoms with Crippen molar-refractivity contribution in [2.45, 2.75) is 108 Å². The second-order valence-corrected chi connectivity index (χ2v) is 12.5. The maximum Gasteiger partial charge on any atom is 3.00 e. The van der Waals surface area contributed by atoms with Crippen LogP contribution in [-0.2, 0) is 14.4 Å². The first-order chi connectivity index (χ1) is 31.6. The number of hydrogen-bond acceptors (Lipinski definition) is 6. The van der Waals surface area contributed by atoms with E-state index in [1.807, 2.05) is 0 Å². The molecule has 0 aliphatic heterocycles. The van der Waals surface area contributed by atoms with Gasteiger partial charge in [0.25, 0.3) is 0 Å². The van der Waals surface area contributed by atoms with Gasteiger partial charge in [-0.3, -0.25) is 14.4 Å². The predicted molar refractivity (Wildman–Crippen MR) is 135 cm³/mol. The molecule has 0 atom stereocenters. The number of hydrogen-bond donors (Lipinski definition) is 0. The molecule has 0 heterocycles. The number of ketones is 3. The molecular weight excluding hydrogens is 1370 g/mol. The van der Waals surface area contributed by atoms with E-state index in [1.54, 1.807) is 0 Å². The van der Waals surface area contributed by atoms with Gasteiger partial charge in [-0.25, -0.2) is 0 Å². The van der Waals surface area contributed by atoms with Gasteiger partial charge in [-0.1, -0.05) is 17.3 Å². The van der Waals surface area contributed by atoms with E-state index in [0.29, 0.717) is 0 Å². The Kier molecular flexibility index (Phi) is 23.2. The Bertz CT molecular complexity index is 1900. The Morgan fingerprint density at radius 1 is 0.211 bits per heavy atom. The fraction of sp³-hybridized carbons (Fsp3) is 0.667. The maximum absolute atomic E-state index is 12.7. The minimum absolute atomic E-state index is 0. The van der Waals surface area contributed by atoms with Crippen LogP contribution in [0.5, 0.6) is 0 Å². The molecule has 0 amide bonds. The molecule has 448 valence electrons. The zero-order valence-corrected chi connectivity index (χ0v) is 34.9. The molecule has 0 spiro atoms. The zero-order valence-electron chi connectivity index (χ0n) is 32.4. The molecule has 0 aromatic rings. The quantitative estimate of drug-likeness (QED) is 0.0915. The average Bonchev–Trinajstić information content (AvgIpc) is 3.14. The van der Waals surface area contributed by atoms with E-state index in [0.717, 1.165) is 0 Å². The molecule has 49 heteroatoms. The molecule has 0 saturated carbocycles. The summed E-state index contributed by atoms with van der Waals surface area (Å²) in [6, 6.07) is 0. The van der Waals surface area contributed by atoms with Crippen LogP contribution >= 0.6 is 0 Å². The monoisotopic (exact) mass is 1370 g/mol. The largest absolute Gasteiger partial charge is 3.00 e. The molecule has 0 bridgehead atoms. The average molecular weight is 1370 g/mol. The van der Waals surface area contributed by atoms with Crippen molar-refractivity contribution in [3.8, 4) is 0 Å². The summed E-state index contributed by atoms with van der Waals surface area (Å²) in [6.45, 7) is 0. The first kappa shape index (κ1) is 78.8. The zero-order chi connectivity index (χ0) is 62.6. The Labute approximate surface area is 423 Å². The second kappa shape index (κ2) is 22.4. The summed E-state index contributed by atoms with van der Waals surface area (Å²) in [7, 11) is 0. The van der Waals surface area contributed by atoms with Crippen LogP contribution in [-0.4, -0.2) is 125 Å². The van der Waals surface area contributed by atoms with Crippen LogP contribution in [0, 0.1) is 49.4 Å². The number of rotatable bonds is 15. The van der Waals surface area contributed by atoms with Crippen molar-refractivity contribution in [3.05, 3.63) is 35.5 Å². The third-order valence-corrected chi connectivity index (χ3v) is 7.15. The van der Waals surface area contributed by atoms with Gasteiger partial charge in [-0.15, -0.1) is 0 Å². The molecule has 0 saturated heterocycles. The summed E-state index contributed by atoms with van der Waals surface area (Å²) in [6.07, 6.45) is -49.2. The molecular formula is C27H3EuF42O6. The normalized spacial score (nSPS) is 15.9.